The van der Waals surface area contributed by atoms with Crippen molar-refractivity contribution >= 4 is 33.3 Å². The summed E-state index contributed by atoms with van der Waals surface area (Å²) in [4.78, 5) is 31.8. The van der Waals surface area contributed by atoms with E-state index >= 15 is 0 Å². The summed E-state index contributed by atoms with van der Waals surface area (Å²) in [6.45, 7) is 0.342. The summed E-state index contributed by atoms with van der Waals surface area (Å²) >= 11 is 0. The van der Waals surface area contributed by atoms with Gasteiger partial charge < -0.3 is 10.2 Å². The second-order valence-electron chi connectivity index (χ2n) is 10.8. The standard InChI is InChI=1S/C24H33N5O4S/c1-28(7-6-25-34(2,32)33)23(31)19-15-29-20(26-19)4-3-5-21(29)27-22(30)14-24-11-16-8-17(12-24)10-18(9-16)13-24/h3-5,15-18,25H,6-14H2,1-2H3,(H,27,30). The third-order valence-corrected chi connectivity index (χ3v) is 8.57. The molecule has 4 aliphatic carbocycles. The summed E-state index contributed by atoms with van der Waals surface area (Å²) in [5.41, 5.74) is 0.967. The predicted octanol–water partition coefficient (Wildman–Crippen LogP) is 2.50. The first kappa shape index (κ1) is 23.3. The zero-order chi connectivity index (χ0) is 24.1. The molecule has 2 amide bonds. The van der Waals surface area contributed by atoms with E-state index in [0.29, 0.717) is 17.9 Å². The zero-order valence-electron chi connectivity index (χ0n) is 19.8. The molecule has 4 bridgehead atoms. The number of amides is 2. The van der Waals surface area contributed by atoms with Crippen LogP contribution in [0.3, 0.4) is 0 Å². The van der Waals surface area contributed by atoms with Crippen LogP contribution in [0.25, 0.3) is 5.65 Å². The Kier molecular flexibility index (Phi) is 5.92. The summed E-state index contributed by atoms with van der Waals surface area (Å²) in [6, 6.07) is 5.42. The van der Waals surface area contributed by atoms with Crippen LogP contribution in [0.1, 0.15) is 55.4 Å². The fourth-order valence-electron chi connectivity index (χ4n) is 6.95. The van der Waals surface area contributed by atoms with Gasteiger partial charge in [-0.1, -0.05) is 6.07 Å². The van der Waals surface area contributed by atoms with Gasteiger partial charge in [0.2, 0.25) is 15.9 Å². The van der Waals surface area contributed by atoms with Crippen LogP contribution in [0.4, 0.5) is 5.82 Å². The largest absolute Gasteiger partial charge is 0.339 e. The van der Waals surface area contributed by atoms with E-state index in [2.05, 4.69) is 15.0 Å². The van der Waals surface area contributed by atoms with Gasteiger partial charge in [0.1, 0.15) is 17.2 Å². The van der Waals surface area contributed by atoms with E-state index in [9.17, 15) is 18.0 Å². The van der Waals surface area contributed by atoms with Crippen LogP contribution in [-0.2, 0) is 14.8 Å². The minimum absolute atomic E-state index is 0.0278. The lowest BCUT2D eigenvalue weighted by Gasteiger charge is -2.56. The lowest BCUT2D eigenvalue weighted by atomic mass is 9.49. The molecule has 10 heteroatoms. The van der Waals surface area contributed by atoms with Crippen LogP contribution in [0.15, 0.2) is 24.4 Å². The van der Waals surface area contributed by atoms with Crippen molar-refractivity contribution in [3.8, 4) is 0 Å². The van der Waals surface area contributed by atoms with E-state index in [1.807, 2.05) is 12.1 Å². The molecule has 4 saturated carbocycles. The lowest BCUT2D eigenvalue weighted by molar-refractivity contribution is -0.124. The van der Waals surface area contributed by atoms with Gasteiger partial charge in [-0.2, -0.15) is 0 Å². The molecule has 2 aromatic rings. The Morgan fingerprint density at radius 3 is 2.41 bits per heavy atom. The molecule has 2 N–H and O–H groups in total. The number of hydrogen-bond acceptors (Lipinski definition) is 5. The Morgan fingerprint density at radius 1 is 1.15 bits per heavy atom. The van der Waals surface area contributed by atoms with Crippen molar-refractivity contribution in [3.63, 3.8) is 0 Å². The molecule has 0 saturated heterocycles. The van der Waals surface area contributed by atoms with Gasteiger partial charge in [-0.15, -0.1) is 0 Å². The van der Waals surface area contributed by atoms with Crippen molar-refractivity contribution in [2.75, 3.05) is 31.7 Å². The van der Waals surface area contributed by atoms with Crippen LogP contribution < -0.4 is 10.0 Å². The number of carbonyl (C=O) groups excluding carboxylic acids is 2. The van der Waals surface area contributed by atoms with Crippen molar-refractivity contribution in [3.05, 3.63) is 30.1 Å². The number of rotatable bonds is 8. The first-order valence-corrected chi connectivity index (χ1v) is 14.0. The molecule has 0 spiro atoms. The molecular weight excluding hydrogens is 454 g/mol. The van der Waals surface area contributed by atoms with Gasteiger partial charge in [0.25, 0.3) is 5.91 Å². The monoisotopic (exact) mass is 487 g/mol. The van der Waals surface area contributed by atoms with Crippen LogP contribution in [-0.4, -0.2) is 60.9 Å². The molecule has 0 radical (unpaired) electrons. The number of sulfonamides is 1. The number of likely N-dealkylation sites (N-methyl/N-ethyl adjacent to an activating group) is 1. The van der Waals surface area contributed by atoms with Crippen LogP contribution in [0.2, 0.25) is 0 Å². The average Bonchev–Trinajstić information content (AvgIpc) is 3.16. The summed E-state index contributed by atoms with van der Waals surface area (Å²) in [7, 11) is -1.71. The maximum absolute atomic E-state index is 13.1. The average molecular weight is 488 g/mol. The molecular formula is C24H33N5O4S. The van der Waals surface area contributed by atoms with Crippen LogP contribution in [0, 0.1) is 23.2 Å². The van der Waals surface area contributed by atoms with Crippen molar-refractivity contribution in [2.24, 2.45) is 23.2 Å². The predicted molar refractivity (Wildman–Crippen MR) is 129 cm³/mol. The first-order valence-electron chi connectivity index (χ1n) is 12.1. The molecule has 9 nitrogen and oxygen atoms in total. The van der Waals surface area contributed by atoms with E-state index in [1.54, 1.807) is 23.7 Å². The number of aromatic nitrogens is 2. The van der Waals surface area contributed by atoms with Gasteiger partial charge in [-0.3, -0.25) is 14.0 Å². The third kappa shape index (κ3) is 4.84. The van der Waals surface area contributed by atoms with E-state index in [0.717, 1.165) is 24.0 Å². The van der Waals surface area contributed by atoms with E-state index in [4.69, 9.17) is 0 Å². The Labute approximate surface area is 200 Å². The normalized spacial score (nSPS) is 27.8. The van der Waals surface area contributed by atoms with E-state index < -0.39 is 10.0 Å². The van der Waals surface area contributed by atoms with E-state index in [1.165, 1.54) is 43.4 Å². The number of hydrogen-bond donors (Lipinski definition) is 2. The van der Waals surface area contributed by atoms with Gasteiger partial charge in [0, 0.05) is 32.8 Å². The molecule has 4 aliphatic rings. The molecule has 2 aromatic heterocycles. The molecule has 0 atom stereocenters. The second-order valence-corrected chi connectivity index (χ2v) is 12.6. The van der Waals surface area contributed by atoms with Crippen molar-refractivity contribution in [2.45, 2.75) is 44.9 Å². The Hall–Kier alpha value is -2.46. The minimum Gasteiger partial charge on any atom is -0.339 e. The van der Waals surface area contributed by atoms with Crippen LogP contribution in [0.5, 0.6) is 0 Å². The number of nitrogens with zero attached hydrogens (tertiary/aromatic N) is 3. The smallest absolute Gasteiger partial charge is 0.273 e. The number of carbonyl (C=O) groups is 2. The number of anilines is 1. The van der Waals surface area contributed by atoms with Crippen molar-refractivity contribution in [1.82, 2.24) is 19.0 Å². The highest BCUT2D eigenvalue weighted by Gasteiger charge is 2.51. The van der Waals surface area contributed by atoms with Crippen molar-refractivity contribution < 1.29 is 18.0 Å². The molecule has 0 aromatic carbocycles. The highest BCUT2D eigenvalue weighted by atomic mass is 32.2. The third-order valence-electron chi connectivity index (χ3n) is 7.84. The molecule has 34 heavy (non-hydrogen) atoms. The number of nitrogens with one attached hydrogen (secondary N) is 2. The molecule has 0 aliphatic heterocycles. The van der Waals surface area contributed by atoms with Gasteiger partial charge >= 0.3 is 0 Å². The molecule has 184 valence electrons. The topological polar surface area (TPSA) is 113 Å². The van der Waals surface area contributed by atoms with Crippen molar-refractivity contribution in [1.29, 1.82) is 0 Å². The molecule has 0 unspecified atom stereocenters. The number of imidazole rings is 1. The first-order chi connectivity index (χ1) is 16.1. The van der Waals surface area contributed by atoms with Gasteiger partial charge in [0.05, 0.1) is 6.26 Å². The van der Waals surface area contributed by atoms with Gasteiger partial charge in [-0.25, -0.2) is 18.1 Å². The lowest BCUT2D eigenvalue weighted by Crippen LogP contribution is -2.47. The van der Waals surface area contributed by atoms with E-state index in [-0.39, 0.29) is 36.0 Å². The molecule has 4 fully saturated rings. The summed E-state index contributed by atoms with van der Waals surface area (Å²) in [6.07, 6.45) is 10.9. The molecule has 2 heterocycles. The van der Waals surface area contributed by atoms with Gasteiger partial charge in [-0.05, 0) is 73.8 Å². The SMILES string of the molecule is CN(CCNS(C)(=O)=O)C(=O)c1cn2c(NC(=O)CC34CC5CC(CC(C5)C3)C4)cccc2n1. The summed E-state index contributed by atoms with van der Waals surface area (Å²) in [5.74, 6) is 2.71. The minimum atomic E-state index is -3.31. The summed E-state index contributed by atoms with van der Waals surface area (Å²) in [5, 5.41) is 3.07. The zero-order valence-corrected chi connectivity index (χ0v) is 20.6. The Bertz CT molecular complexity index is 1190. The maximum atomic E-state index is 13.1. The fourth-order valence-corrected chi connectivity index (χ4v) is 7.41. The highest BCUT2D eigenvalue weighted by Crippen LogP contribution is 2.61. The Morgan fingerprint density at radius 2 is 1.79 bits per heavy atom. The number of pyridine rings is 1. The van der Waals surface area contributed by atoms with Gasteiger partial charge in [0.15, 0.2) is 0 Å². The summed E-state index contributed by atoms with van der Waals surface area (Å²) < 4.78 is 26.6. The second kappa shape index (κ2) is 8.64. The molecule has 6 rings (SSSR count). The maximum Gasteiger partial charge on any atom is 0.273 e. The highest BCUT2D eigenvalue weighted by molar-refractivity contribution is 7.88. The quantitative estimate of drug-likeness (QED) is 0.594. The fraction of sp³-hybridized carbons (Fsp3) is 0.625. The Balaban J connectivity index is 1.26. The number of fused-ring (bicyclic) bond motifs is 1. The van der Waals surface area contributed by atoms with Crippen LogP contribution >= 0.6 is 0 Å².